The first-order chi connectivity index (χ1) is 17.3. The van der Waals surface area contributed by atoms with E-state index >= 15 is 0 Å². The first kappa shape index (κ1) is 26.4. The summed E-state index contributed by atoms with van der Waals surface area (Å²) in [5.74, 6) is -0.703. The highest BCUT2D eigenvalue weighted by atomic mass is 32.1. The molecule has 3 rings (SSSR count). The SMILES string of the molecule is CCOC(=O)C1=C(C)NC(=S)N[C@H]1c1ccccc1OCC(=O)NN=Cc1ccc(NC(C)=O)cc1. The number of allylic oxidation sites excluding steroid dienone is 1. The lowest BCUT2D eigenvalue weighted by molar-refractivity contribution is -0.139. The van der Waals surface area contributed by atoms with Gasteiger partial charge in [0.2, 0.25) is 5.91 Å². The molecule has 188 valence electrons. The molecule has 1 atom stereocenters. The summed E-state index contributed by atoms with van der Waals surface area (Å²) in [6.45, 7) is 4.83. The van der Waals surface area contributed by atoms with Gasteiger partial charge in [0.05, 0.1) is 24.4 Å². The number of amides is 2. The van der Waals surface area contributed by atoms with Gasteiger partial charge in [-0.2, -0.15) is 5.10 Å². The maximum atomic E-state index is 12.6. The van der Waals surface area contributed by atoms with E-state index in [0.717, 1.165) is 5.56 Å². The predicted molar refractivity (Wildman–Crippen MR) is 139 cm³/mol. The van der Waals surface area contributed by atoms with Crippen LogP contribution in [0.25, 0.3) is 0 Å². The molecule has 1 aliphatic heterocycles. The minimum Gasteiger partial charge on any atom is -0.483 e. The van der Waals surface area contributed by atoms with Crippen molar-refractivity contribution in [3.8, 4) is 5.75 Å². The number of nitrogens with zero attached hydrogens (tertiary/aromatic N) is 1. The Hall–Kier alpha value is -4.25. The monoisotopic (exact) mass is 509 g/mol. The molecule has 0 bridgehead atoms. The van der Waals surface area contributed by atoms with E-state index in [2.05, 4.69) is 26.5 Å². The van der Waals surface area contributed by atoms with Gasteiger partial charge in [0.1, 0.15) is 5.75 Å². The van der Waals surface area contributed by atoms with E-state index in [1.165, 1.54) is 13.1 Å². The number of benzene rings is 2. The van der Waals surface area contributed by atoms with Crippen LogP contribution in [0.5, 0.6) is 5.75 Å². The third-order valence-corrected chi connectivity index (χ3v) is 5.21. The van der Waals surface area contributed by atoms with E-state index in [0.29, 0.717) is 33.4 Å². The van der Waals surface area contributed by atoms with Crippen LogP contribution in [0.2, 0.25) is 0 Å². The second-order valence-corrected chi connectivity index (χ2v) is 8.12. The molecule has 0 unspecified atom stereocenters. The lowest BCUT2D eigenvalue weighted by Crippen LogP contribution is -2.45. The molecule has 4 N–H and O–H groups in total. The highest BCUT2D eigenvalue weighted by molar-refractivity contribution is 7.80. The van der Waals surface area contributed by atoms with Crippen LogP contribution in [0, 0.1) is 0 Å². The molecule has 1 aliphatic rings. The second-order valence-electron chi connectivity index (χ2n) is 7.71. The number of rotatable bonds is 9. The van der Waals surface area contributed by atoms with Crippen LogP contribution in [-0.4, -0.2) is 42.3 Å². The van der Waals surface area contributed by atoms with Crippen molar-refractivity contribution in [2.75, 3.05) is 18.5 Å². The van der Waals surface area contributed by atoms with E-state index in [4.69, 9.17) is 21.7 Å². The largest absolute Gasteiger partial charge is 0.483 e. The van der Waals surface area contributed by atoms with Gasteiger partial charge in [-0.1, -0.05) is 30.3 Å². The average Bonchev–Trinajstić information content (AvgIpc) is 2.83. The number of anilines is 1. The molecule has 2 aromatic carbocycles. The quantitative estimate of drug-likeness (QED) is 0.176. The number of hydrogen-bond acceptors (Lipinski definition) is 7. The Kier molecular flexibility index (Phi) is 9.12. The maximum absolute atomic E-state index is 12.6. The van der Waals surface area contributed by atoms with E-state index in [1.807, 2.05) is 0 Å². The molecule has 0 fully saturated rings. The van der Waals surface area contributed by atoms with Gasteiger partial charge in [-0.05, 0) is 49.8 Å². The van der Waals surface area contributed by atoms with Crippen molar-refractivity contribution < 1.29 is 23.9 Å². The van der Waals surface area contributed by atoms with E-state index < -0.39 is 17.9 Å². The molecule has 0 saturated carbocycles. The highest BCUT2D eigenvalue weighted by Crippen LogP contribution is 2.33. The molecule has 36 heavy (non-hydrogen) atoms. The zero-order valence-corrected chi connectivity index (χ0v) is 20.9. The van der Waals surface area contributed by atoms with Gasteiger partial charge in [0, 0.05) is 23.9 Å². The maximum Gasteiger partial charge on any atom is 0.338 e. The minimum absolute atomic E-state index is 0.160. The predicted octanol–water partition coefficient (Wildman–Crippen LogP) is 2.53. The molecule has 2 aromatic rings. The van der Waals surface area contributed by atoms with Crippen molar-refractivity contribution in [2.24, 2.45) is 5.10 Å². The number of carbonyl (C=O) groups excluding carboxylic acids is 3. The normalized spacial score (nSPS) is 15.1. The summed E-state index contributed by atoms with van der Waals surface area (Å²) in [7, 11) is 0. The molecule has 11 heteroatoms. The lowest BCUT2D eigenvalue weighted by Gasteiger charge is -2.30. The van der Waals surface area contributed by atoms with Gasteiger partial charge in [-0.15, -0.1) is 0 Å². The van der Waals surface area contributed by atoms with Gasteiger partial charge in [-0.25, -0.2) is 10.2 Å². The topological polar surface area (TPSA) is 130 Å². The molecule has 0 spiro atoms. The summed E-state index contributed by atoms with van der Waals surface area (Å²) in [6, 6.07) is 13.4. The second kappa shape index (κ2) is 12.5. The molecule has 2 amide bonds. The lowest BCUT2D eigenvalue weighted by atomic mass is 9.95. The van der Waals surface area contributed by atoms with Gasteiger partial charge < -0.3 is 25.4 Å². The van der Waals surface area contributed by atoms with Crippen LogP contribution in [0.15, 0.2) is 64.9 Å². The fourth-order valence-corrected chi connectivity index (χ4v) is 3.74. The summed E-state index contributed by atoms with van der Waals surface area (Å²) in [6.07, 6.45) is 1.47. The van der Waals surface area contributed by atoms with E-state index in [9.17, 15) is 14.4 Å². The standard InChI is InChI=1S/C25H27N5O5S/c1-4-34-24(33)22-15(2)27-25(36)29-23(22)19-7-5-6-8-20(19)35-14-21(32)30-26-13-17-9-11-18(12-10-17)28-16(3)31/h5-13,23H,4,14H2,1-3H3,(H,28,31)(H,30,32)(H2,27,29,36)/t23-/m0/s1. The summed E-state index contributed by atoms with van der Waals surface area (Å²) in [5.41, 5.74) is 5.38. The molecule has 0 aliphatic carbocycles. The van der Waals surface area contributed by atoms with Gasteiger partial charge in [0.25, 0.3) is 5.91 Å². The fraction of sp³-hybridized carbons (Fsp3) is 0.240. The van der Waals surface area contributed by atoms with Crippen molar-refractivity contribution in [3.63, 3.8) is 0 Å². The number of carbonyl (C=O) groups is 3. The van der Waals surface area contributed by atoms with Crippen molar-refractivity contribution in [2.45, 2.75) is 26.8 Å². The zero-order valence-electron chi connectivity index (χ0n) is 20.1. The Morgan fingerprint density at radius 1 is 1.14 bits per heavy atom. The molecule has 0 saturated heterocycles. The average molecular weight is 510 g/mol. The Morgan fingerprint density at radius 3 is 2.56 bits per heavy atom. The summed E-state index contributed by atoms with van der Waals surface area (Å²) in [4.78, 5) is 36.0. The number of nitrogens with one attached hydrogen (secondary N) is 4. The molecule has 0 aromatic heterocycles. The van der Waals surface area contributed by atoms with E-state index in [-0.39, 0.29) is 19.1 Å². The smallest absolute Gasteiger partial charge is 0.338 e. The van der Waals surface area contributed by atoms with Crippen molar-refractivity contribution >= 4 is 47.0 Å². The van der Waals surface area contributed by atoms with Gasteiger partial charge >= 0.3 is 5.97 Å². The summed E-state index contributed by atoms with van der Waals surface area (Å²) in [5, 5.41) is 13.0. The van der Waals surface area contributed by atoms with Crippen LogP contribution in [0.1, 0.15) is 37.9 Å². The third-order valence-electron chi connectivity index (χ3n) is 4.99. The number of thiocarbonyl (C=S) groups is 1. The first-order valence-electron chi connectivity index (χ1n) is 11.1. The van der Waals surface area contributed by atoms with Crippen LogP contribution < -0.4 is 26.1 Å². The number of para-hydroxylation sites is 1. The van der Waals surface area contributed by atoms with E-state index in [1.54, 1.807) is 62.4 Å². The minimum atomic E-state index is -0.615. The Labute approximate surface area is 214 Å². The summed E-state index contributed by atoms with van der Waals surface area (Å²) < 4.78 is 11.0. The third kappa shape index (κ3) is 7.12. The van der Waals surface area contributed by atoms with Crippen LogP contribution >= 0.6 is 12.2 Å². The van der Waals surface area contributed by atoms with Crippen molar-refractivity contribution in [1.82, 2.24) is 16.1 Å². The fourth-order valence-electron chi connectivity index (χ4n) is 3.47. The van der Waals surface area contributed by atoms with Gasteiger partial charge in [0.15, 0.2) is 11.7 Å². The van der Waals surface area contributed by atoms with Crippen LogP contribution in [0.3, 0.4) is 0 Å². The Balaban J connectivity index is 1.65. The molecule has 10 nitrogen and oxygen atoms in total. The summed E-state index contributed by atoms with van der Waals surface area (Å²) >= 11 is 5.28. The number of ether oxygens (including phenoxy) is 2. The van der Waals surface area contributed by atoms with Crippen molar-refractivity contribution in [1.29, 1.82) is 0 Å². The molecular formula is C25H27N5O5S. The highest BCUT2D eigenvalue weighted by Gasteiger charge is 2.32. The zero-order chi connectivity index (χ0) is 26.1. The van der Waals surface area contributed by atoms with Crippen molar-refractivity contribution in [3.05, 3.63) is 70.9 Å². The molecular weight excluding hydrogens is 482 g/mol. The Bertz CT molecular complexity index is 1210. The number of hydrazone groups is 1. The Morgan fingerprint density at radius 2 is 1.86 bits per heavy atom. The van der Waals surface area contributed by atoms with Crippen LogP contribution in [0.4, 0.5) is 5.69 Å². The molecule has 1 heterocycles. The van der Waals surface area contributed by atoms with Gasteiger partial charge in [-0.3, -0.25) is 9.59 Å². The first-order valence-corrected chi connectivity index (χ1v) is 11.6. The number of esters is 1. The number of hydrogen-bond donors (Lipinski definition) is 4. The molecule has 0 radical (unpaired) electrons. The van der Waals surface area contributed by atoms with Crippen LogP contribution in [-0.2, 0) is 19.1 Å².